The van der Waals surface area contributed by atoms with Gasteiger partial charge in [-0.2, -0.15) is 0 Å². The third kappa shape index (κ3) is 4.24. The summed E-state index contributed by atoms with van der Waals surface area (Å²) in [6, 6.07) is 10.5. The molecule has 1 saturated heterocycles. The molecule has 36 heavy (non-hydrogen) atoms. The lowest BCUT2D eigenvalue weighted by atomic mass is 9.94. The molecule has 1 amide bonds. The fourth-order valence-electron chi connectivity index (χ4n) is 4.20. The van der Waals surface area contributed by atoms with E-state index >= 15 is 0 Å². The van der Waals surface area contributed by atoms with E-state index in [9.17, 15) is 28.6 Å². The summed E-state index contributed by atoms with van der Waals surface area (Å²) < 4.78 is 38.3. The lowest BCUT2D eigenvalue weighted by Crippen LogP contribution is -2.29. The Morgan fingerprint density at radius 2 is 1.72 bits per heavy atom. The van der Waals surface area contributed by atoms with Gasteiger partial charge in [0.1, 0.15) is 11.5 Å². The molecule has 0 bridgehead atoms. The van der Waals surface area contributed by atoms with Gasteiger partial charge in [0.15, 0.2) is 23.1 Å². The summed E-state index contributed by atoms with van der Waals surface area (Å²) in [5.41, 5.74) is 0.800. The minimum absolute atomic E-state index is 0.0989. The van der Waals surface area contributed by atoms with Crippen LogP contribution in [-0.4, -0.2) is 35.6 Å². The Labute approximate surface area is 205 Å². The van der Waals surface area contributed by atoms with Crippen LogP contribution in [0.15, 0.2) is 60.2 Å². The number of hydrogen-bond acceptors (Lipinski definition) is 6. The number of amides is 1. The molecule has 9 heteroatoms. The predicted molar refractivity (Wildman–Crippen MR) is 128 cm³/mol. The van der Waals surface area contributed by atoms with E-state index in [2.05, 4.69) is 0 Å². The summed E-state index contributed by atoms with van der Waals surface area (Å²) in [5.74, 6) is -4.42. The van der Waals surface area contributed by atoms with Gasteiger partial charge in [0.05, 0.1) is 25.3 Å². The number of aryl methyl sites for hydroxylation is 1. The number of phenols is 1. The highest BCUT2D eigenvalue weighted by molar-refractivity contribution is 6.51. The quantitative estimate of drug-likeness (QED) is 0.284. The smallest absolute Gasteiger partial charge is 0.300 e. The van der Waals surface area contributed by atoms with Crippen LogP contribution in [0.25, 0.3) is 5.76 Å². The van der Waals surface area contributed by atoms with E-state index in [0.29, 0.717) is 17.9 Å². The van der Waals surface area contributed by atoms with Crippen LogP contribution in [0.1, 0.15) is 29.7 Å². The molecule has 7 nitrogen and oxygen atoms in total. The van der Waals surface area contributed by atoms with Crippen LogP contribution >= 0.6 is 0 Å². The molecule has 1 aliphatic rings. The number of aromatic hydroxyl groups is 1. The van der Waals surface area contributed by atoms with Crippen molar-refractivity contribution in [2.24, 2.45) is 0 Å². The number of anilines is 1. The van der Waals surface area contributed by atoms with Crippen molar-refractivity contribution in [3.05, 3.63) is 88.5 Å². The monoisotopic (exact) mass is 495 g/mol. The number of methoxy groups -OCH3 is 1. The SMILES string of the molecule is CCOc1ccc(/C(O)=C2\C(=O)C(=O)N(c3ccc(F)c(F)c3)C2c2ccc(OC)c(O)c2)cc1C. The molecular weight excluding hydrogens is 472 g/mol. The number of Topliss-reactive ketones (excluding diaryl/α,β-unsaturated/α-hetero) is 1. The topological polar surface area (TPSA) is 96.3 Å². The molecule has 186 valence electrons. The average Bonchev–Trinajstić information content (AvgIpc) is 3.12. The molecule has 0 radical (unpaired) electrons. The molecule has 1 aliphatic heterocycles. The van der Waals surface area contributed by atoms with Crippen molar-refractivity contribution in [1.29, 1.82) is 0 Å². The predicted octanol–water partition coefficient (Wildman–Crippen LogP) is 5.01. The molecular formula is C27H23F2NO6. The van der Waals surface area contributed by atoms with Crippen molar-refractivity contribution < 1.29 is 38.1 Å². The van der Waals surface area contributed by atoms with Gasteiger partial charge in [-0.3, -0.25) is 14.5 Å². The second-order valence-electron chi connectivity index (χ2n) is 8.11. The maximum atomic E-state index is 14.1. The lowest BCUT2D eigenvalue weighted by molar-refractivity contribution is -0.132. The Hall–Kier alpha value is -4.40. The average molecular weight is 495 g/mol. The van der Waals surface area contributed by atoms with Gasteiger partial charge in [0, 0.05) is 17.3 Å². The third-order valence-corrected chi connectivity index (χ3v) is 5.89. The second-order valence-corrected chi connectivity index (χ2v) is 8.11. The Kier molecular flexibility index (Phi) is 6.65. The standard InChI is InChI=1S/C27H23F2NO6/c1-4-36-21-9-6-16(11-14(21)2)25(32)23-24(15-5-10-22(35-3)20(31)12-15)30(27(34)26(23)33)17-7-8-18(28)19(29)13-17/h5-13,24,31-32H,4H2,1-3H3/b25-23+. The normalized spacial score (nSPS) is 16.9. The van der Waals surface area contributed by atoms with E-state index in [1.807, 2.05) is 6.92 Å². The van der Waals surface area contributed by atoms with Crippen molar-refractivity contribution in [2.45, 2.75) is 19.9 Å². The maximum Gasteiger partial charge on any atom is 0.300 e. The zero-order valence-corrected chi connectivity index (χ0v) is 19.7. The number of ether oxygens (including phenoxy) is 2. The minimum atomic E-state index is -1.25. The highest BCUT2D eigenvalue weighted by Gasteiger charge is 2.47. The number of ketones is 1. The molecule has 1 heterocycles. The van der Waals surface area contributed by atoms with Crippen LogP contribution in [0.2, 0.25) is 0 Å². The number of halogens is 2. The molecule has 1 fully saturated rings. The van der Waals surface area contributed by atoms with E-state index in [4.69, 9.17) is 9.47 Å². The fourth-order valence-corrected chi connectivity index (χ4v) is 4.20. The van der Waals surface area contributed by atoms with E-state index in [0.717, 1.165) is 23.1 Å². The van der Waals surface area contributed by atoms with E-state index in [-0.39, 0.29) is 33.9 Å². The molecule has 1 atom stereocenters. The number of rotatable bonds is 6. The minimum Gasteiger partial charge on any atom is -0.507 e. The van der Waals surface area contributed by atoms with Crippen molar-refractivity contribution in [1.82, 2.24) is 0 Å². The van der Waals surface area contributed by atoms with Crippen LogP contribution in [-0.2, 0) is 9.59 Å². The van der Waals surface area contributed by atoms with Gasteiger partial charge in [-0.25, -0.2) is 8.78 Å². The first-order chi connectivity index (χ1) is 17.2. The molecule has 0 aliphatic carbocycles. The molecule has 0 aromatic heterocycles. The van der Waals surface area contributed by atoms with Crippen molar-refractivity contribution in [3.63, 3.8) is 0 Å². The molecule has 4 rings (SSSR count). The highest BCUT2D eigenvalue weighted by Crippen LogP contribution is 2.44. The second kappa shape index (κ2) is 9.69. The summed E-state index contributed by atoms with van der Waals surface area (Å²) in [6.07, 6.45) is 0. The molecule has 0 saturated carbocycles. The van der Waals surface area contributed by atoms with Crippen LogP contribution in [0.4, 0.5) is 14.5 Å². The summed E-state index contributed by atoms with van der Waals surface area (Å²) in [4.78, 5) is 27.3. The van der Waals surface area contributed by atoms with Gasteiger partial charge in [0.2, 0.25) is 0 Å². The number of hydrogen-bond donors (Lipinski definition) is 2. The first kappa shape index (κ1) is 24.7. The van der Waals surface area contributed by atoms with Gasteiger partial charge in [-0.15, -0.1) is 0 Å². The van der Waals surface area contributed by atoms with E-state index in [1.165, 1.54) is 25.3 Å². The first-order valence-corrected chi connectivity index (χ1v) is 11.0. The summed E-state index contributed by atoms with van der Waals surface area (Å²) in [5, 5.41) is 21.6. The largest absolute Gasteiger partial charge is 0.507 e. The number of phenolic OH excluding ortho intramolecular Hbond substituents is 1. The highest BCUT2D eigenvalue weighted by atomic mass is 19.2. The third-order valence-electron chi connectivity index (χ3n) is 5.89. The fraction of sp³-hybridized carbons (Fsp3) is 0.185. The van der Waals surface area contributed by atoms with Gasteiger partial charge in [-0.1, -0.05) is 6.07 Å². The summed E-state index contributed by atoms with van der Waals surface area (Å²) in [6.45, 7) is 4.03. The molecule has 3 aromatic rings. The Morgan fingerprint density at radius 1 is 1.00 bits per heavy atom. The molecule has 3 aromatic carbocycles. The Balaban J connectivity index is 1.94. The van der Waals surface area contributed by atoms with Crippen molar-refractivity contribution in [3.8, 4) is 17.2 Å². The zero-order valence-electron chi connectivity index (χ0n) is 19.7. The van der Waals surface area contributed by atoms with Gasteiger partial charge in [-0.05, 0) is 67.4 Å². The Bertz CT molecular complexity index is 1400. The van der Waals surface area contributed by atoms with Crippen LogP contribution in [0, 0.1) is 18.6 Å². The first-order valence-electron chi connectivity index (χ1n) is 11.0. The maximum absolute atomic E-state index is 14.1. The van der Waals surface area contributed by atoms with Gasteiger partial charge >= 0.3 is 0 Å². The number of aliphatic hydroxyl groups excluding tert-OH is 1. The van der Waals surface area contributed by atoms with Crippen LogP contribution in [0.5, 0.6) is 17.2 Å². The van der Waals surface area contributed by atoms with Crippen molar-refractivity contribution in [2.75, 3.05) is 18.6 Å². The van der Waals surface area contributed by atoms with Crippen molar-refractivity contribution >= 4 is 23.1 Å². The van der Waals surface area contributed by atoms with Crippen LogP contribution in [0.3, 0.4) is 0 Å². The van der Waals surface area contributed by atoms with Gasteiger partial charge in [0.25, 0.3) is 11.7 Å². The van der Waals surface area contributed by atoms with Gasteiger partial charge < -0.3 is 19.7 Å². The summed E-state index contributed by atoms with van der Waals surface area (Å²) >= 11 is 0. The van der Waals surface area contributed by atoms with E-state index < -0.39 is 35.1 Å². The zero-order chi connectivity index (χ0) is 26.1. The molecule has 0 spiro atoms. The molecule has 1 unspecified atom stereocenters. The number of nitrogens with zero attached hydrogens (tertiary/aromatic N) is 1. The summed E-state index contributed by atoms with van der Waals surface area (Å²) in [7, 11) is 1.36. The lowest BCUT2D eigenvalue weighted by Gasteiger charge is -2.26. The number of benzene rings is 3. The number of carbonyl (C=O) groups excluding carboxylic acids is 2. The van der Waals surface area contributed by atoms with Crippen LogP contribution < -0.4 is 14.4 Å². The number of carbonyl (C=O) groups is 2. The Morgan fingerprint density at radius 3 is 2.33 bits per heavy atom. The molecule has 2 N–H and O–H groups in total. The van der Waals surface area contributed by atoms with E-state index in [1.54, 1.807) is 25.1 Å². The number of aliphatic hydroxyl groups is 1.